The average molecular weight is 417 g/mol. The number of carbonyl (C=O) groups is 1. The Morgan fingerprint density at radius 2 is 1.93 bits per heavy atom. The number of fused-ring (bicyclic) bond motifs is 1. The number of hydrogen-bond donors (Lipinski definition) is 1. The maximum Gasteiger partial charge on any atom is 0.417 e. The third-order valence-electron chi connectivity index (χ3n) is 4.33. The molecule has 0 atom stereocenters. The minimum atomic E-state index is -4.47. The van der Waals surface area contributed by atoms with E-state index in [0.717, 1.165) is 12.3 Å². The molecule has 2 aromatic heterocycles. The maximum atomic E-state index is 13.1. The van der Waals surface area contributed by atoms with Gasteiger partial charge >= 0.3 is 12.1 Å². The summed E-state index contributed by atoms with van der Waals surface area (Å²) in [4.78, 5) is 15.7. The van der Waals surface area contributed by atoms with E-state index in [1.165, 1.54) is 16.5 Å². The van der Waals surface area contributed by atoms with E-state index in [2.05, 4.69) is 4.98 Å². The molecular formula is C18H13Cl2F3N2O2. The van der Waals surface area contributed by atoms with Crippen LogP contribution in [0.4, 0.5) is 13.2 Å². The topological polar surface area (TPSA) is 54.6 Å². The van der Waals surface area contributed by atoms with Crippen LogP contribution in [0, 0.1) is 13.8 Å². The maximum absolute atomic E-state index is 13.1. The quantitative estimate of drug-likeness (QED) is 0.607. The normalized spacial score (nSPS) is 12.0. The van der Waals surface area contributed by atoms with E-state index >= 15 is 0 Å². The summed E-state index contributed by atoms with van der Waals surface area (Å²) in [5, 5.41) is 9.45. The number of carboxylic acid groups (broad SMARTS) is 1. The Labute approximate surface area is 162 Å². The highest BCUT2D eigenvalue weighted by atomic mass is 35.5. The van der Waals surface area contributed by atoms with Crippen molar-refractivity contribution in [1.29, 1.82) is 0 Å². The molecule has 0 bridgehead atoms. The number of rotatable bonds is 3. The molecule has 0 fully saturated rings. The van der Waals surface area contributed by atoms with Gasteiger partial charge < -0.3 is 9.51 Å². The molecule has 142 valence electrons. The van der Waals surface area contributed by atoms with Gasteiger partial charge in [-0.1, -0.05) is 23.2 Å². The van der Waals surface area contributed by atoms with Crippen LogP contribution >= 0.6 is 23.2 Å². The molecule has 0 amide bonds. The smallest absolute Gasteiger partial charge is 0.417 e. The van der Waals surface area contributed by atoms with Crippen molar-refractivity contribution in [2.45, 2.75) is 26.4 Å². The summed E-state index contributed by atoms with van der Waals surface area (Å²) in [5.74, 6) is -1.20. The highest BCUT2D eigenvalue weighted by molar-refractivity contribution is 6.37. The average Bonchev–Trinajstić information content (AvgIpc) is 2.87. The van der Waals surface area contributed by atoms with Gasteiger partial charge in [0.15, 0.2) is 0 Å². The zero-order valence-electron chi connectivity index (χ0n) is 14.2. The van der Waals surface area contributed by atoms with Crippen LogP contribution in [0.1, 0.15) is 38.4 Å². The lowest BCUT2D eigenvalue weighted by atomic mass is 10.0. The van der Waals surface area contributed by atoms with Gasteiger partial charge in [0.05, 0.1) is 21.8 Å². The lowest BCUT2D eigenvalue weighted by Gasteiger charge is -2.10. The number of alkyl halides is 3. The Hall–Kier alpha value is -2.25. The Bertz CT molecular complexity index is 1070. The second-order valence-electron chi connectivity index (χ2n) is 6.12. The molecule has 1 aromatic carbocycles. The number of nitrogens with zero attached hydrogens (tertiary/aromatic N) is 2. The van der Waals surface area contributed by atoms with Crippen LogP contribution in [0.5, 0.6) is 0 Å². The second kappa shape index (κ2) is 6.73. The van der Waals surface area contributed by atoms with E-state index < -0.39 is 17.7 Å². The van der Waals surface area contributed by atoms with Crippen molar-refractivity contribution in [3.63, 3.8) is 0 Å². The van der Waals surface area contributed by atoms with Crippen LogP contribution in [-0.2, 0) is 12.6 Å². The van der Waals surface area contributed by atoms with E-state index in [1.54, 1.807) is 13.8 Å². The summed E-state index contributed by atoms with van der Waals surface area (Å²) in [7, 11) is 0. The fourth-order valence-electron chi connectivity index (χ4n) is 2.89. The number of hydrogen-bond acceptors (Lipinski definition) is 2. The van der Waals surface area contributed by atoms with Crippen LogP contribution in [0.25, 0.3) is 5.65 Å². The molecule has 4 nitrogen and oxygen atoms in total. The predicted molar refractivity (Wildman–Crippen MR) is 95.9 cm³/mol. The molecule has 27 heavy (non-hydrogen) atoms. The van der Waals surface area contributed by atoms with Gasteiger partial charge in [-0.15, -0.1) is 0 Å². The van der Waals surface area contributed by atoms with Crippen molar-refractivity contribution in [3.8, 4) is 0 Å². The third-order valence-corrected chi connectivity index (χ3v) is 5.11. The largest absolute Gasteiger partial charge is 0.478 e. The van der Waals surface area contributed by atoms with Crippen molar-refractivity contribution in [1.82, 2.24) is 9.38 Å². The standard InChI is InChI=1S/C18H13Cl2F3N2O2/c1-8-5-10(18(21,22)23)7-25-9(2)14(24-16(8)25)6-12-13(19)4-3-11(15(12)20)17(26)27/h3-5,7H,6H2,1-2H3,(H,26,27). The predicted octanol–water partition coefficient (Wildman–Crippen LogP) is 5.57. The molecule has 0 aliphatic heterocycles. The van der Waals surface area contributed by atoms with E-state index in [9.17, 15) is 23.1 Å². The number of halogens is 5. The van der Waals surface area contributed by atoms with Crippen molar-refractivity contribution in [2.24, 2.45) is 0 Å². The molecule has 0 unspecified atom stereocenters. The van der Waals surface area contributed by atoms with Crippen LogP contribution in [-0.4, -0.2) is 20.5 Å². The summed E-state index contributed by atoms with van der Waals surface area (Å²) in [5.41, 5.74) is 1.19. The summed E-state index contributed by atoms with van der Waals surface area (Å²) in [6, 6.07) is 3.76. The number of aromatic nitrogens is 2. The molecule has 0 aliphatic rings. The van der Waals surface area contributed by atoms with Crippen molar-refractivity contribution in [2.75, 3.05) is 0 Å². The number of benzene rings is 1. The van der Waals surface area contributed by atoms with Crippen molar-refractivity contribution < 1.29 is 23.1 Å². The van der Waals surface area contributed by atoms with Gasteiger partial charge in [0.1, 0.15) is 5.65 Å². The fourth-order valence-corrected chi connectivity index (χ4v) is 3.47. The van der Waals surface area contributed by atoms with E-state index in [-0.39, 0.29) is 22.0 Å². The van der Waals surface area contributed by atoms with Gasteiger partial charge in [-0.2, -0.15) is 13.2 Å². The van der Waals surface area contributed by atoms with Crippen LogP contribution in [0.3, 0.4) is 0 Å². The molecule has 1 N–H and O–H groups in total. The zero-order chi connectivity index (χ0) is 20.1. The van der Waals surface area contributed by atoms with Gasteiger partial charge in [-0.05, 0) is 43.2 Å². The monoisotopic (exact) mass is 416 g/mol. The molecular weight excluding hydrogens is 404 g/mol. The molecule has 0 saturated carbocycles. The second-order valence-corrected chi connectivity index (χ2v) is 6.90. The number of imidazole rings is 1. The van der Waals surface area contributed by atoms with Gasteiger partial charge in [0.25, 0.3) is 0 Å². The summed E-state index contributed by atoms with van der Waals surface area (Å²) < 4.78 is 40.6. The Morgan fingerprint density at radius 1 is 1.26 bits per heavy atom. The Balaban J connectivity index is 2.15. The first-order valence-electron chi connectivity index (χ1n) is 7.76. The van der Waals surface area contributed by atoms with E-state index in [1.807, 2.05) is 0 Å². The van der Waals surface area contributed by atoms with Crippen molar-refractivity contribution in [3.05, 3.63) is 68.1 Å². The highest BCUT2D eigenvalue weighted by Crippen LogP contribution is 2.33. The van der Waals surface area contributed by atoms with E-state index in [4.69, 9.17) is 23.2 Å². The van der Waals surface area contributed by atoms with Crippen LogP contribution in [0.15, 0.2) is 24.4 Å². The highest BCUT2D eigenvalue weighted by Gasteiger charge is 2.32. The lowest BCUT2D eigenvalue weighted by Crippen LogP contribution is -2.07. The number of aromatic carboxylic acids is 1. The molecule has 3 rings (SSSR count). The Kier molecular flexibility index (Phi) is 4.86. The third kappa shape index (κ3) is 3.49. The van der Waals surface area contributed by atoms with Crippen LogP contribution in [0.2, 0.25) is 10.0 Å². The SMILES string of the molecule is Cc1cc(C(F)(F)F)cn2c(C)c(Cc3c(Cl)ccc(C(=O)O)c3Cl)nc12. The molecule has 0 aliphatic carbocycles. The van der Waals surface area contributed by atoms with Gasteiger partial charge in [0.2, 0.25) is 0 Å². The molecule has 0 spiro atoms. The molecule has 0 saturated heterocycles. The first-order chi connectivity index (χ1) is 12.5. The van der Waals surface area contributed by atoms with Gasteiger partial charge in [-0.3, -0.25) is 0 Å². The number of carboxylic acids is 1. The molecule has 2 heterocycles. The minimum Gasteiger partial charge on any atom is -0.478 e. The first kappa shape index (κ1) is 19.5. The summed E-state index contributed by atoms with van der Waals surface area (Å²) in [6.45, 7) is 3.18. The fraction of sp³-hybridized carbons (Fsp3) is 0.222. The molecule has 3 aromatic rings. The molecule has 9 heteroatoms. The minimum absolute atomic E-state index is 0.0147. The molecule has 0 radical (unpaired) electrons. The zero-order valence-corrected chi connectivity index (χ0v) is 15.7. The van der Waals surface area contributed by atoms with Gasteiger partial charge in [-0.25, -0.2) is 9.78 Å². The van der Waals surface area contributed by atoms with Gasteiger partial charge in [0, 0.05) is 23.3 Å². The first-order valence-corrected chi connectivity index (χ1v) is 8.52. The van der Waals surface area contributed by atoms with Crippen molar-refractivity contribution >= 4 is 34.8 Å². The summed E-state index contributed by atoms with van der Waals surface area (Å²) >= 11 is 12.3. The Morgan fingerprint density at radius 3 is 2.52 bits per heavy atom. The summed E-state index contributed by atoms with van der Waals surface area (Å²) in [6.07, 6.45) is -3.39. The van der Waals surface area contributed by atoms with E-state index in [0.29, 0.717) is 28.2 Å². The number of aryl methyl sites for hydroxylation is 2. The number of pyridine rings is 1. The van der Waals surface area contributed by atoms with Crippen LogP contribution < -0.4 is 0 Å². The lowest BCUT2D eigenvalue weighted by molar-refractivity contribution is -0.137.